The van der Waals surface area contributed by atoms with Gasteiger partial charge in [-0.05, 0) is 37.6 Å². The van der Waals surface area contributed by atoms with E-state index in [1.54, 1.807) is 6.20 Å². The van der Waals surface area contributed by atoms with Gasteiger partial charge in [0.2, 0.25) is 5.88 Å². The molecule has 4 rings (SSSR count). The Hall–Kier alpha value is -2.92. The lowest BCUT2D eigenvalue weighted by atomic mass is 10.0. The van der Waals surface area contributed by atoms with E-state index in [2.05, 4.69) is 35.0 Å². The van der Waals surface area contributed by atoms with Gasteiger partial charge in [-0.3, -0.25) is 0 Å². The minimum atomic E-state index is -0.0869. The average Bonchev–Trinajstić information content (AvgIpc) is 3.18. The van der Waals surface area contributed by atoms with Crippen molar-refractivity contribution in [2.24, 2.45) is 0 Å². The lowest BCUT2D eigenvalue weighted by Crippen LogP contribution is -2.26. The molecule has 1 N–H and O–H groups in total. The zero-order chi connectivity index (χ0) is 19.5. The van der Waals surface area contributed by atoms with Crippen LogP contribution in [0.2, 0.25) is 0 Å². The second-order valence-electron chi connectivity index (χ2n) is 7.24. The molecule has 3 heterocycles. The summed E-state index contributed by atoms with van der Waals surface area (Å²) in [6.45, 7) is 5.62. The molecular formula is C23H25N3O2. The van der Waals surface area contributed by atoms with Crippen LogP contribution >= 0.6 is 0 Å². The second-order valence-corrected chi connectivity index (χ2v) is 7.24. The summed E-state index contributed by atoms with van der Waals surface area (Å²) in [5.41, 5.74) is 5.88. The van der Waals surface area contributed by atoms with Gasteiger partial charge in [0.15, 0.2) is 0 Å². The number of aromatic nitrogens is 2. The Balaban J connectivity index is 1.53. The lowest BCUT2D eigenvalue weighted by Gasteiger charge is -2.22. The number of ether oxygens (including phenoxy) is 1. The number of pyridine rings is 2. The maximum Gasteiger partial charge on any atom is 0.216 e. The Morgan fingerprint density at radius 3 is 2.68 bits per heavy atom. The molecule has 1 atom stereocenters. The molecule has 0 radical (unpaired) electrons. The summed E-state index contributed by atoms with van der Waals surface area (Å²) in [5, 5.41) is 9.93. The minimum absolute atomic E-state index is 0.0798. The number of rotatable bonds is 5. The molecule has 0 saturated carbocycles. The number of aryl methyl sites for hydroxylation is 2. The van der Waals surface area contributed by atoms with Gasteiger partial charge in [-0.25, -0.2) is 9.97 Å². The molecule has 5 heteroatoms. The summed E-state index contributed by atoms with van der Waals surface area (Å²) < 4.78 is 6.10. The Bertz CT molecular complexity index is 974. The van der Waals surface area contributed by atoms with Crippen molar-refractivity contribution in [3.8, 4) is 17.1 Å². The number of hydrogen-bond donors (Lipinski definition) is 1. The first-order valence-corrected chi connectivity index (χ1v) is 9.65. The topological polar surface area (TPSA) is 58.5 Å². The average molecular weight is 375 g/mol. The molecule has 0 bridgehead atoms. The molecule has 0 aliphatic carbocycles. The van der Waals surface area contributed by atoms with Crippen LogP contribution in [0.15, 0.2) is 54.7 Å². The molecule has 1 fully saturated rings. The highest BCUT2D eigenvalue weighted by Crippen LogP contribution is 2.29. The van der Waals surface area contributed by atoms with Gasteiger partial charge in [-0.2, -0.15) is 0 Å². The molecule has 1 aromatic carbocycles. The van der Waals surface area contributed by atoms with E-state index >= 15 is 0 Å². The van der Waals surface area contributed by atoms with Crippen molar-refractivity contribution in [3.63, 3.8) is 0 Å². The standard InChI is InChI=1S/C23H25N3O2/c1-16-6-3-4-8-19(16)20-9-10-22(21(15-27)25-20)26-13-11-18(14-26)28-23-17(2)7-5-12-24-23/h3-10,12,18,27H,11,13-15H2,1-2H3. The minimum Gasteiger partial charge on any atom is -0.472 e. The van der Waals surface area contributed by atoms with E-state index in [1.165, 1.54) is 5.56 Å². The van der Waals surface area contributed by atoms with Gasteiger partial charge < -0.3 is 14.7 Å². The smallest absolute Gasteiger partial charge is 0.216 e. The molecule has 0 amide bonds. The van der Waals surface area contributed by atoms with Gasteiger partial charge in [-0.1, -0.05) is 30.3 Å². The van der Waals surface area contributed by atoms with Crippen LogP contribution in [0.1, 0.15) is 23.2 Å². The highest BCUT2D eigenvalue weighted by atomic mass is 16.5. The molecule has 144 valence electrons. The van der Waals surface area contributed by atoms with Crippen LogP contribution in [0.3, 0.4) is 0 Å². The molecule has 28 heavy (non-hydrogen) atoms. The van der Waals surface area contributed by atoms with Crippen LogP contribution in [-0.2, 0) is 6.61 Å². The predicted octanol–water partition coefficient (Wildman–Crippen LogP) is 3.91. The molecule has 3 aromatic rings. The number of anilines is 1. The van der Waals surface area contributed by atoms with Crippen molar-refractivity contribution >= 4 is 5.69 Å². The fourth-order valence-electron chi connectivity index (χ4n) is 3.70. The number of aliphatic hydroxyl groups excluding tert-OH is 1. The van der Waals surface area contributed by atoms with Gasteiger partial charge in [0.25, 0.3) is 0 Å². The first-order valence-electron chi connectivity index (χ1n) is 9.65. The molecule has 1 unspecified atom stereocenters. The third-order valence-corrected chi connectivity index (χ3v) is 5.25. The molecule has 2 aromatic heterocycles. The van der Waals surface area contributed by atoms with Crippen LogP contribution in [0.5, 0.6) is 5.88 Å². The molecule has 1 saturated heterocycles. The van der Waals surface area contributed by atoms with Crippen LogP contribution in [-0.4, -0.2) is 34.3 Å². The monoisotopic (exact) mass is 375 g/mol. The Morgan fingerprint density at radius 2 is 1.89 bits per heavy atom. The van der Waals surface area contributed by atoms with Gasteiger partial charge in [-0.15, -0.1) is 0 Å². The zero-order valence-electron chi connectivity index (χ0n) is 16.3. The van der Waals surface area contributed by atoms with Crippen LogP contribution < -0.4 is 9.64 Å². The van der Waals surface area contributed by atoms with Crippen LogP contribution in [0, 0.1) is 13.8 Å². The summed E-state index contributed by atoms with van der Waals surface area (Å²) in [6.07, 6.45) is 2.75. The molecular weight excluding hydrogens is 350 g/mol. The van der Waals surface area contributed by atoms with Crippen molar-refractivity contribution < 1.29 is 9.84 Å². The number of hydrogen-bond acceptors (Lipinski definition) is 5. The van der Waals surface area contributed by atoms with Crippen LogP contribution in [0.25, 0.3) is 11.3 Å². The highest BCUT2D eigenvalue weighted by Gasteiger charge is 2.27. The highest BCUT2D eigenvalue weighted by molar-refractivity contribution is 5.66. The fraction of sp³-hybridized carbons (Fsp3) is 0.304. The lowest BCUT2D eigenvalue weighted by molar-refractivity contribution is 0.214. The predicted molar refractivity (Wildman–Crippen MR) is 111 cm³/mol. The Labute approximate surface area is 165 Å². The van der Waals surface area contributed by atoms with Crippen molar-refractivity contribution in [3.05, 3.63) is 71.5 Å². The van der Waals surface area contributed by atoms with Gasteiger partial charge in [0.1, 0.15) is 6.10 Å². The van der Waals surface area contributed by atoms with E-state index in [1.807, 2.05) is 37.3 Å². The van der Waals surface area contributed by atoms with Gasteiger partial charge in [0, 0.05) is 30.3 Å². The summed E-state index contributed by atoms with van der Waals surface area (Å²) in [4.78, 5) is 11.3. The third kappa shape index (κ3) is 3.71. The van der Waals surface area contributed by atoms with Crippen molar-refractivity contribution in [2.45, 2.75) is 33.0 Å². The number of nitrogens with zero attached hydrogens (tertiary/aromatic N) is 3. The largest absolute Gasteiger partial charge is 0.472 e. The first kappa shape index (κ1) is 18.4. The fourth-order valence-corrected chi connectivity index (χ4v) is 3.70. The Kier molecular flexibility index (Phi) is 5.26. The van der Waals surface area contributed by atoms with Crippen LogP contribution in [0.4, 0.5) is 5.69 Å². The van der Waals surface area contributed by atoms with Gasteiger partial charge >= 0.3 is 0 Å². The second kappa shape index (κ2) is 7.98. The summed E-state index contributed by atoms with van der Waals surface area (Å²) in [6, 6.07) is 16.2. The first-order chi connectivity index (χ1) is 13.7. The van der Waals surface area contributed by atoms with E-state index in [9.17, 15) is 5.11 Å². The maximum atomic E-state index is 9.93. The zero-order valence-corrected chi connectivity index (χ0v) is 16.3. The quantitative estimate of drug-likeness (QED) is 0.733. The number of aliphatic hydroxyl groups is 1. The molecule has 1 aliphatic heterocycles. The van der Waals surface area contributed by atoms with E-state index in [4.69, 9.17) is 9.72 Å². The summed E-state index contributed by atoms with van der Waals surface area (Å²) in [5.74, 6) is 0.699. The SMILES string of the molecule is Cc1ccccc1-c1ccc(N2CCC(Oc3ncccc3C)C2)c(CO)n1. The molecule has 1 aliphatic rings. The summed E-state index contributed by atoms with van der Waals surface area (Å²) in [7, 11) is 0. The molecule has 0 spiro atoms. The van der Waals surface area contributed by atoms with Crippen molar-refractivity contribution in [1.29, 1.82) is 0 Å². The van der Waals surface area contributed by atoms with E-state index < -0.39 is 0 Å². The van der Waals surface area contributed by atoms with E-state index in [0.717, 1.165) is 42.0 Å². The van der Waals surface area contributed by atoms with E-state index in [0.29, 0.717) is 11.6 Å². The normalized spacial score (nSPS) is 16.4. The van der Waals surface area contributed by atoms with Crippen molar-refractivity contribution in [2.75, 3.05) is 18.0 Å². The summed E-state index contributed by atoms with van der Waals surface area (Å²) >= 11 is 0. The number of benzene rings is 1. The van der Waals surface area contributed by atoms with Gasteiger partial charge in [0.05, 0.1) is 30.2 Å². The maximum absolute atomic E-state index is 9.93. The van der Waals surface area contributed by atoms with E-state index in [-0.39, 0.29) is 12.7 Å². The van der Waals surface area contributed by atoms with Crippen molar-refractivity contribution in [1.82, 2.24) is 9.97 Å². The molecule has 5 nitrogen and oxygen atoms in total. The third-order valence-electron chi connectivity index (χ3n) is 5.25. The Morgan fingerprint density at radius 1 is 1.07 bits per heavy atom.